The van der Waals surface area contributed by atoms with Gasteiger partial charge in [-0.2, -0.15) is 5.10 Å². The molecule has 1 atom stereocenters. The summed E-state index contributed by atoms with van der Waals surface area (Å²) in [7, 11) is 0. The number of hydrogen-bond acceptors (Lipinski definition) is 6. The zero-order valence-electron chi connectivity index (χ0n) is 15.3. The van der Waals surface area contributed by atoms with E-state index in [0.717, 1.165) is 29.5 Å². The third-order valence-corrected chi connectivity index (χ3v) is 5.87. The number of carbonyl (C=O) groups excluding carboxylic acids is 1. The Morgan fingerprint density at radius 2 is 2.00 bits per heavy atom. The molecule has 3 aromatic rings. The van der Waals surface area contributed by atoms with E-state index in [4.69, 9.17) is 25.5 Å². The highest BCUT2D eigenvalue weighted by atomic mass is 35.5. The zero-order chi connectivity index (χ0) is 19.5. The van der Waals surface area contributed by atoms with E-state index in [0.29, 0.717) is 34.5 Å². The van der Waals surface area contributed by atoms with E-state index in [1.807, 2.05) is 18.2 Å². The van der Waals surface area contributed by atoms with Crippen LogP contribution in [0.25, 0.3) is 10.9 Å². The minimum absolute atomic E-state index is 0.193. The standard InChI is InChI=1S/C21H16ClN3O4/c22-20-13(6-12-7-18-19(29-10-28-18)9-14(12)23-20)16-8-15(11-3-4-11)24-25(16)21(26)17-2-1-5-27-17/h1-2,5-7,9,11,16H,3-4,8,10H2/t16-/m0/s1. The van der Waals surface area contributed by atoms with Crippen molar-refractivity contribution in [1.29, 1.82) is 0 Å². The minimum atomic E-state index is -0.321. The second-order valence-electron chi connectivity index (χ2n) is 7.48. The molecule has 2 aliphatic heterocycles. The van der Waals surface area contributed by atoms with Crippen LogP contribution in [0.15, 0.2) is 46.1 Å². The molecule has 3 aliphatic rings. The van der Waals surface area contributed by atoms with Crippen LogP contribution < -0.4 is 9.47 Å². The Hall–Kier alpha value is -3.06. The van der Waals surface area contributed by atoms with Crippen molar-refractivity contribution in [3.05, 3.63) is 53.1 Å². The lowest BCUT2D eigenvalue weighted by molar-refractivity contribution is 0.0678. The number of rotatable bonds is 3. The number of pyridine rings is 1. The van der Waals surface area contributed by atoms with Gasteiger partial charge in [0, 0.05) is 29.1 Å². The molecule has 1 aliphatic carbocycles. The molecular weight excluding hydrogens is 394 g/mol. The van der Waals surface area contributed by atoms with Crippen molar-refractivity contribution in [2.24, 2.45) is 11.0 Å². The van der Waals surface area contributed by atoms with E-state index in [1.165, 1.54) is 11.3 Å². The summed E-state index contributed by atoms with van der Waals surface area (Å²) < 4.78 is 16.2. The minimum Gasteiger partial charge on any atom is -0.459 e. The van der Waals surface area contributed by atoms with Crippen LogP contribution in [0.2, 0.25) is 5.15 Å². The number of amides is 1. The molecule has 0 bridgehead atoms. The predicted octanol–water partition coefficient (Wildman–Crippen LogP) is 4.56. The SMILES string of the molecule is O=C(c1ccco1)N1N=C(C2CC2)C[C@H]1c1cc2cc3c(cc2nc1Cl)OCO3. The Labute approximate surface area is 170 Å². The van der Waals surface area contributed by atoms with Crippen LogP contribution in [0.5, 0.6) is 11.5 Å². The van der Waals surface area contributed by atoms with E-state index in [-0.39, 0.29) is 24.5 Å². The monoisotopic (exact) mass is 409 g/mol. The summed E-state index contributed by atoms with van der Waals surface area (Å²) in [5, 5.41) is 7.37. The molecule has 0 spiro atoms. The topological polar surface area (TPSA) is 77.2 Å². The molecular formula is C21H16ClN3O4. The second-order valence-corrected chi connectivity index (χ2v) is 7.84. The molecule has 1 saturated carbocycles. The van der Waals surface area contributed by atoms with Gasteiger partial charge in [0.2, 0.25) is 6.79 Å². The number of hydrogen-bond donors (Lipinski definition) is 0. The third-order valence-electron chi connectivity index (χ3n) is 5.57. The van der Waals surface area contributed by atoms with E-state index in [1.54, 1.807) is 12.1 Å². The van der Waals surface area contributed by atoms with Gasteiger partial charge in [-0.1, -0.05) is 11.6 Å². The number of hydrazone groups is 1. The Kier molecular flexibility index (Phi) is 3.61. The number of ether oxygens (including phenoxy) is 2. The smallest absolute Gasteiger partial charge is 0.310 e. The first-order chi connectivity index (χ1) is 14.2. The predicted molar refractivity (Wildman–Crippen MR) is 105 cm³/mol. The van der Waals surface area contributed by atoms with Gasteiger partial charge in [-0.15, -0.1) is 0 Å². The molecule has 146 valence electrons. The third kappa shape index (κ3) is 2.76. The maximum absolute atomic E-state index is 13.0. The molecule has 8 heteroatoms. The average Bonchev–Trinajstić information content (AvgIpc) is 3.13. The van der Waals surface area contributed by atoms with Gasteiger partial charge in [-0.3, -0.25) is 4.79 Å². The first-order valence-electron chi connectivity index (χ1n) is 9.51. The van der Waals surface area contributed by atoms with E-state index in [2.05, 4.69) is 10.1 Å². The van der Waals surface area contributed by atoms with Crippen molar-refractivity contribution in [1.82, 2.24) is 9.99 Å². The molecule has 4 heterocycles. The lowest BCUT2D eigenvalue weighted by atomic mass is 9.99. The van der Waals surface area contributed by atoms with Crippen molar-refractivity contribution in [2.75, 3.05) is 6.79 Å². The van der Waals surface area contributed by atoms with Gasteiger partial charge in [0.15, 0.2) is 17.3 Å². The summed E-state index contributed by atoms with van der Waals surface area (Å²) in [4.78, 5) is 17.6. The maximum Gasteiger partial charge on any atom is 0.310 e. The number of nitrogens with zero attached hydrogens (tertiary/aromatic N) is 3. The van der Waals surface area contributed by atoms with Crippen molar-refractivity contribution in [3.63, 3.8) is 0 Å². The van der Waals surface area contributed by atoms with Crippen LogP contribution in [0, 0.1) is 5.92 Å². The summed E-state index contributed by atoms with van der Waals surface area (Å²) in [5.41, 5.74) is 2.52. The van der Waals surface area contributed by atoms with Gasteiger partial charge < -0.3 is 13.9 Å². The molecule has 0 unspecified atom stereocenters. The Morgan fingerprint density at radius 1 is 1.17 bits per heavy atom. The Bertz CT molecular complexity index is 1170. The molecule has 29 heavy (non-hydrogen) atoms. The van der Waals surface area contributed by atoms with Gasteiger partial charge in [0.1, 0.15) is 5.15 Å². The number of carbonyl (C=O) groups is 1. The summed E-state index contributed by atoms with van der Waals surface area (Å²) >= 11 is 6.58. The fourth-order valence-corrected chi connectivity index (χ4v) is 4.20. The largest absolute Gasteiger partial charge is 0.459 e. The van der Waals surface area contributed by atoms with Crippen LogP contribution in [0.4, 0.5) is 0 Å². The highest BCUT2D eigenvalue weighted by Gasteiger charge is 2.41. The van der Waals surface area contributed by atoms with Crippen molar-refractivity contribution >= 4 is 34.1 Å². The molecule has 1 fully saturated rings. The molecule has 1 amide bonds. The van der Waals surface area contributed by atoms with E-state index < -0.39 is 0 Å². The number of furan rings is 1. The quantitative estimate of drug-likeness (QED) is 0.592. The Balaban J connectivity index is 1.43. The average molecular weight is 410 g/mol. The molecule has 0 saturated heterocycles. The van der Waals surface area contributed by atoms with Gasteiger partial charge in [-0.05, 0) is 43.0 Å². The molecule has 7 nitrogen and oxygen atoms in total. The fourth-order valence-electron chi connectivity index (χ4n) is 3.93. The second kappa shape index (κ2) is 6.22. The van der Waals surface area contributed by atoms with E-state index in [9.17, 15) is 4.79 Å². The van der Waals surface area contributed by atoms with E-state index >= 15 is 0 Å². The molecule has 0 N–H and O–H groups in total. The number of halogens is 1. The molecule has 6 rings (SSSR count). The van der Waals surface area contributed by atoms with Gasteiger partial charge in [0.05, 0.1) is 17.8 Å². The van der Waals surface area contributed by atoms with Crippen LogP contribution in [-0.2, 0) is 0 Å². The van der Waals surface area contributed by atoms with Gasteiger partial charge >= 0.3 is 5.91 Å². The van der Waals surface area contributed by atoms with Crippen LogP contribution in [0.3, 0.4) is 0 Å². The summed E-state index contributed by atoms with van der Waals surface area (Å²) in [6.07, 6.45) is 4.36. The number of aromatic nitrogens is 1. The van der Waals surface area contributed by atoms with Crippen LogP contribution in [-0.4, -0.2) is 28.4 Å². The first-order valence-corrected chi connectivity index (χ1v) is 9.89. The number of fused-ring (bicyclic) bond motifs is 2. The molecule has 2 aromatic heterocycles. The van der Waals surface area contributed by atoms with Crippen molar-refractivity contribution in [2.45, 2.75) is 25.3 Å². The van der Waals surface area contributed by atoms with Gasteiger partial charge in [0.25, 0.3) is 0 Å². The maximum atomic E-state index is 13.0. The van der Waals surface area contributed by atoms with Gasteiger partial charge in [-0.25, -0.2) is 9.99 Å². The normalized spacial score (nSPS) is 20.4. The fraction of sp³-hybridized carbons (Fsp3) is 0.286. The molecule has 0 radical (unpaired) electrons. The first kappa shape index (κ1) is 16.9. The summed E-state index contributed by atoms with van der Waals surface area (Å²) in [6.45, 7) is 0.193. The zero-order valence-corrected chi connectivity index (χ0v) is 16.1. The number of benzene rings is 1. The summed E-state index contributed by atoms with van der Waals surface area (Å²) in [5.74, 6) is 1.76. The van der Waals surface area contributed by atoms with Crippen LogP contribution >= 0.6 is 11.6 Å². The van der Waals surface area contributed by atoms with Crippen molar-refractivity contribution in [3.8, 4) is 11.5 Å². The highest BCUT2D eigenvalue weighted by molar-refractivity contribution is 6.30. The Morgan fingerprint density at radius 3 is 2.76 bits per heavy atom. The highest BCUT2D eigenvalue weighted by Crippen LogP contribution is 2.44. The van der Waals surface area contributed by atoms with Crippen LogP contribution in [0.1, 0.15) is 41.4 Å². The summed E-state index contributed by atoms with van der Waals surface area (Å²) in [6, 6.07) is 8.69. The lowest BCUT2D eigenvalue weighted by Gasteiger charge is -2.22. The molecule has 1 aromatic carbocycles. The van der Waals surface area contributed by atoms with Crippen molar-refractivity contribution < 1.29 is 18.7 Å². The lowest BCUT2D eigenvalue weighted by Crippen LogP contribution is -2.27.